The highest BCUT2D eigenvalue weighted by Gasteiger charge is 2.30. The van der Waals surface area contributed by atoms with E-state index in [2.05, 4.69) is 29.2 Å². The summed E-state index contributed by atoms with van der Waals surface area (Å²) in [6.45, 7) is 5.36. The molecule has 0 aromatic heterocycles. The Morgan fingerprint density at radius 1 is 1.23 bits per heavy atom. The van der Waals surface area contributed by atoms with E-state index in [-0.39, 0.29) is 23.6 Å². The number of amides is 2. The van der Waals surface area contributed by atoms with Gasteiger partial charge in [-0.05, 0) is 40.0 Å². The zero-order valence-corrected chi connectivity index (χ0v) is 14.4. The summed E-state index contributed by atoms with van der Waals surface area (Å²) in [5, 5.41) is 2.86. The minimum Gasteiger partial charge on any atom is -0.334 e. The number of carbonyl (C=O) groups is 1. The second kappa shape index (κ2) is 7.61. The number of sulfone groups is 1. The number of piperazine rings is 1. The predicted molar refractivity (Wildman–Crippen MR) is 86.8 cm³/mol. The summed E-state index contributed by atoms with van der Waals surface area (Å²) < 4.78 is 22.8. The van der Waals surface area contributed by atoms with E-state index in [0.717, 1.165) is 32.6 Å². The number of carbonyl (C=O) groups excluding carboxylic acids is 1. The summed E-state index contributed by atoms with van der Waals surface area (Å²) >= 11 is 0. The zero-order valence-electron chi connectivity index (χ0n) is 13.6. The first kappa shape index (κ1) is 17.5. The molecule has 2 rings (SSSR count). The largest absolute Gasteiger partial charge is 0.334 e. The van der Waals surface area contributed by atoms with Crippen molar-refractivity contribution in [3.8, 4) is 0 Å². The van der Waals surface area contributed by atoms with Gasteiger partial charge in [0.15, 0.2) is 9.84 Å². The highest BCUT2D eigenvalue weighted by molar-refractivity contribution is 7.91. The Balaban J connectivity index is 1.67. The van der Waals surface area contributed by atoms with E-state index in [1.54, 1.807) is 4.90 Å². The van der Waals surface area contributed by atoms with Crippen LogP contribution in [0.5, 0.6) is 0 Å². The van der Waals surface area contributed by atoms with Gasteiger partial charge in [-0.3, -0.25) is 4.90 Å². The van der Waals surface area contributed by atoms with Crippen molar-refractivity contribution in [3.63, 3.8) is 0 Å². The fraction of sp³-hybridized carbons (Fsp3) is 0.929. The molecule has 0 bridgehead atoms. The first-order valence-electron chi connectivity index (χ1n) is 7.99. The molecule has 1 atom stereocenters. The van der Waals surface area contributed by atoms with Crippen LogP contribution in [0.15, 0.2) is 0 Å². The lowest BCUT2D eigenvalue weighted by atomic mass is 10.2. The third kappa shape index (κ3) is 5.40. The smallest absolute Gasteiger partial charge is 0.317 e. The molecular weight excluding hydrogens is 304 g/mol. The maximum Gasteiger partial charge on any atom is 0.317 e. The Bertz CT molecular complexity index is 472. The number of nitrogens with one attached hydrogen (secondary N) is 1. The van der Waals surface area contributed by atoms with Crippen LogP contribution in [0.1, 0.15) is 12.8 Å². The number of nitrogens with zero attached hydrogens (tertiary/aromatic N) is 3. The van der Waals surface area contributed by atoms with Crippen molar-refractivity contribution in [1.29, 1.82) is 0 Å². The van der Waals surface area contributed by atoms with Gasteiger partial charge >= 0.3 is 6.03 Å². The van der Waals surface area contributed by atoms with Crippen molar-refractivity contribution >= 4 is 15.9 Å². The van der Waals surface area contributed by atoms with Gasteiger partial charge in [-0.2, -0.15) is 0 Å². The van der Waals surface area contributed by atoms with E-state index < -0.39 is 9.84 Å². The Morgan fingerprint density at radius 2 is 1.91 bits per heavy atom. The third-order valence-electron chi connectivity index (χ3n) is 4.30. The highest BCUT2D eigenvalue weighted by Crippen LogP contribution is 2.12. The van der Waals surface area contributed by atoms with Gasteiger partial charge in [0.05, 0.1) is 11.5 Å². The minimum atomic E-state index is -2.94. The van der Waals surface area contributed by atoms with Crippen molar-refractivity contribution in [2.24, 2.45) is 0 Å². The maximum atomic E-state index is 12.2. The highest BCUT2D eigenvalue weighted by atomic mass is 32.2. The van der Waals surface area contributed by atoms with Crippen LogP contribution in [0.2, 0.25) is 0 Å². The molecule has 2 fully saturated rings. The molecule has 2 aliphatic rings. The molecule has 2 heterocycles. The molecule has 0 aromatic rings. The maximum absolute atomic E-state index is 12.2. The molecule has 2 aliphatic heterocycles. The fourth-order valence-electron chi connectivity index (χ4n) is 2.96. The summed E-state index contributed by atoms with van der Waals surface area (Å²) in [6.07, 6.45) is 1.68. The predicted octanol–water partition coefficient (Wildman–Crippen LogP) is -0.548. The fourth-order valence-corrected chi connectivity index (χ4v) is 4.63. The Kier molecular flexibility index (Phi) is 6.05. The van der Waals surface area contributed by atoms with Crippen LogP contribution in [0.3, 0.4) is 0 Å². The van der Waals surface area contributed by atoms with E-state index in [1.165, 1.54) is 0 Å². The van der Waals surface area contributed by atoms with Crippen molar-refractivity contribution in [3.05, 3.63) is 0 Å². The van der Waals surface area contributed by atoms with Crippen LogP contribution in [0.25, 0.3) is 0 Å². The van der Waals surface area contributed by atoms with Crippen LogP contribution in [0.4, 0.5) is 4.79 Å². The molecule has 1 N–H and O–H groups in total. The van der Waals surface area contributed by atoms with Crippen molar-refractivity contribution in [2.75, 3.05) is 64.9 Å². The number of rotatable bonds is 5. The van der Waals surface area contributed by atoms with Gasteiger partial charge in [-0.25, -0.2) is 13.2 Å². The summed E-state index contributed by atoms with van der Waals surface area (Å²) in [7, 11) is 1.21. The summed E-state index contributed by atoms with van der Waals surface area (Å²) in [6, 6.07) is -0.328. The number of urea groups is 1. The molecular formula is C14H28N4O3S. The van der Waals surface area contributed by atoms with Gasteiger partial charge in [0.2, 0.25) is 0 Å². The summed E-state index contributed by atoms with van der Waals surface area (Å²) in [5.41, 5.74) is 0. The van der Waals surface area contributed by atoms with Crippen LogP contribution >= 0.6 is 0 Å². The molecule has 2 saturated heterocycles. The number of hydrogen-bond donors (Lipinski definition) is 1. The SMILES string of the molecule is CN(C)CCCN1CCN(C(=O)NC2CCS(=O)(=O)C2)CC1. The quantitative estimate of drug-likeness (QED) is 0.731. The van der Waals surface area contributed by atoms with Crippen molar-refractivity contribution in [1.82, 2.24) is 20.0 Å². The number of hydrogen-bond acceptors (Lipinski definition) is 5. The molecule has 8 heteroatoms. The molecule has 0 saturated carbocycles. The van der Waals surface area contributed by atoms with Gasteiger partial charge in [-0.1, -0.05) is 0 Å². The monoisotopic (exact) mass is 332 g/mol. The lowest BCUT2D eigenvalue weighted by molar-refractivity contribution is 0.135. The van der Waals surface area contributed by atoms with Crippen LogP contribution in [-0.2, 0) is 9.84 Å². The van der Waals surface area contributed by atoms with Crippen LogP contribution in [-0.4, -0.2) is 100 Å². The van der Waals surface area contributed by atoms with Gasteiger partial charge in [-0.15, -0.1) is 0 Å². The average Bonchev–Trinajstić information content (AvgIpc) is 2.78. The lowest BCUT2D eigenvalue weighted by Crippen LogP contribution is -2.53. The normalized spacial score (nSPS) is 25.6. The molecule has 2 amide bonds. The second-order valence-corrected chi connectivity index (χ2v) is 8.76. The lowest BCUT2D eigenvalue weighted by Gasteiger charge is -2.35. The van der Waals surface area contributed by atoms with Gasteiger partial charge < -0.3 is 15.1 Å². The van der Waals surface area contributed by atoms with Gasteiger partial charge in [0.25, 0.3) is 0 Å². The van der Waals surface area contributed by atoms with E-state index >= 15 is 0 Å². The zero-order chi connectivity index (χ0) is 16.2. The molecule has 22 heavy (non-hydrogen) atoms. The Morgan fingerprint density at radius 3 is 2.45 bits per heavy atom. The molecule has 0 spiro atoms. The van der Waals surface area contributed by atoms with E-state index in [9.17, 15) is 13.2 Å². The summed E-state index contributed by atoms with van der Waals surface area (Å²) in [5.74, 6) is 0.279. The minimum absolute atomic E-state index is 0.0865. The topological polar surface area (TPSA) is 73.0 Å². The van der Waals surface area contributed by atoms with Crippen LogP contribution in [0, 0.1) is 0 Å². The van der Waals surface area contributed by atoms with E-state index in [1.807, 2.05) is 0 Å². The van der Waals surface area contributed by atoms with Crippen LogP contribution < -0.4 is 5.32 Å². The molecule has 0 aliphatic carbocycles. The third-order valence-corrected chi connectivity index (χ3v) is 6.07. The molecule has 128 valence electrons. The molecule has 1 unspecified atom stereocenters. The Labute approximate surface area is 133 Å². The molecule has 7 nitrogen and oxygen atoms in total. The van der Waals surface area contributed by atoms with E-state index in [4.69, 9.17) is 0 Å². The average molecular weight is 332 g/mol. The second-order valence-electron chi connectivity index (χ2n) is 6.53. The first-order valence-corrected chi connectivity index (χ1v) is 9.81. The van der Waals surface area contributed by atoms with Gasteiger partial charge in [0.1, 0.15) is 0 Å². The Hall–Kier alpha value is -0.860. The molecule has 0 aromatic carbocycles. The summed E-state index contributed by atoms with van der Waals surface area (Å²) in [4.78, 5) is 18.5. The van der Waals surface area contributed by atoms with Gasteiger partial charge in [0, 0.05) is 32.2 Å². The van der Waals surface area contributed by atoms with Crippen molar-refractivity contribution < 1.29 is 13.2 Å². The standard InChI is InChI=1S/C14H28N4O3S/c1-16(2)5-3-6-17-7-9-18(10-8-17)14(19)15-13-4-11-22(20,21)12-13/h13H,3-12H2,1-2H3,(H,15,19). The van der Waals surface area contributed by atoms with Crippen molar-refractivity contribution in [2.45, 2.75) is 18.9 Å². The molecule has 0 radical (unpaired) electrons. The van der Waals surface area contributed by atoms with E-state index in [0.29, 0.717) is 19.5 Å². The first-order chi connectivity index (χ1) is 10.4.